The molecule has 116 valence electrons. The van der Waals surface area contributed by atoms with Gasteiger partial charge in [-0.15, -0.1) is 0 Å². The van der Waals surface area contributed by atoms with Crippen molar-refractivity contribution in [2.45, 2.75) is 0 Å². The Morgan fingerprint density at radius 2 is 1.24 bits per heavy atom. The van der Waals surface area contributed by atoms with E-state index in [0.29, 0.717) is 22.2 Å². The molecule has 0 amide bonds. The summed E-state index contributed by atoms with van der Waals surface area (Å²) < 4.78 is 8.77. The molecule has 7 heteroatoms. The van der Waals surface area contributed by atoms with Gasteiger partial charge in [0.25, 0.3) is 0 Å². The van der Waals surface area contributed by atoms with Crippen LogP contribution < -0.4 is 0 Å². The highest BCUT2D eigenvalue weighted by molar-refractivity contribution is 7.00. The number of nitriles is 2. The average molecular weight is 340 g/mol. The summed E-state index contributed by atoms with van der Waals surface area (Å²) in [5.74, 6) is 0. The van der Waals surface area contributed by atoms with Crippen molar-refractivity contribution in [2.24, 2.45) is 0 Å². The third-order valence-corrected chi connectivity index (χ3v) is 4.36. The quantitative estimate of drug-likeness (QED) is 0.553. The van der Waals surface area contributed by atoms with Crippen molar-refractivity contribution in [1.29, 1.82) is 10.5 Å². The van der Waals surface area contributed by atoms with Crippen molar-refractivity contribution >= 4 is 22.8 Å². The summed E-state index contributed by atoms with van der Waals surface area (Å²) >= 11 is 1.05. The highest BCUT2D eigenvalue weighted by Crippen LogP contribution is 2.40. The molecule has 4 rings (SSSR count). The number of nitrogens with zero attached hydrogens (tertiary/aromatic N) is 6. The van der Waals surface area contributed by atoms with Gasteiger partial charge < -0.3 is 0 Å². The topological polar surface area (TPSA) is 99.1 Å². The van der Waals surface area contributed by atoms with Crippen LogP contribution in [0.4, 0.5) is 0 Å². The Kier molecular flexibility index (Phi) is 3.62. The maximum Gasteiger partial charge on any atom is 0.114 e. The molecule has 0 N–H and O–H groups in total. The Morgan fingerprint density at radius 1 is 0.760 bits per heavy atom. The van der Waals surface area contributed by atoms with E-state index in [1.807, 2.05) is 12.1 Å². The molecule has 0 aliphatic rings. The van der Waals surface area contributed by atoms with E-state index < -0.39 is 0 Å². The van der Waals surface area contributed by atoms with Crippen LogP contribution in [0, 0.1) is 22.7 Å². The molecule has 0 atom stereocenters. The van der Waals surface area contributed by atoms with Crippen molar-refractivity contribution < 1.29 is 0 Å². The minimum absolute atomic E-state index is 0.273. The number of hydrogen-bond acceptors (Lipinski definition) is 7. The Hall–Kier alpha value is -3.68. The van der Waals surface area contributed by atoms with Gasteiger partial charge in [-0.1, -0.05) is 12.1 Å². The van der Waals surface area contributed by atoms with Gasteiger partial charge in [-0.2, -0.15) is 19.3 Å². The number of aromatic nitrogens is 4. The van der Waals surface area contributed by atoms with Gasteiger partial charge in [0.2, 0.25) is 0 Å². The lowest BCUT2D eigenvalue weighted by Crippen LogP contribution is -1.97. The highest BCUT2D eigenvalue weighted by atomic mass is 32.1. The molecule has 6 nitrogen and oxygen atoms in total. The molecule has 1 aromatic carbocycles. The third-order valence-electron chi connectivity index (χ3n) is 3.84. The maximum absolute atomic E-state index is 9.78. The van der Waals surface area contributed by atoms with Crippen molar-refractivity contribution in [1.82, 2.24) is 18.7 Å². The van der Waals surface area contributed by atoms with E-state index in [9.17, 15) is 10.5 Å². The van der Waals surface area contributed by atoms with Gasteiger partial charge in [-0.05, 0) is 12.1 Å². The molecule has 3 heterocycles. The second-order valence-corrected chi connectivity index (χ2v) is 5.70. The molecule has 4 aromatic rings. The molecule has 0 fully saturated rings. The molecule has 0 spiro atoms. The van der Waals surface area contributed by atoms with Crippen LogP contribution in [0.5, 0.6) is 0 Å². The van der Waals surface area contributed by atoms with Crippen LogP contribution in [0.3, 0.4) is 0 Å². The lowest BCUT2D eigenvalue weighted by atomic mass is 9.89. The minimum atomic E-state index is 0.273. The van der Waals surface area contributed by atoms with Gasteiger partial charge in [0.15, 0.2) is 0 Å². The Bertz CT molecular complexity index is 1060. The van der Waals surface area contributed by atoms with E-state index in [0.717, 1.165) is 22.9 Å². The fraction of sp³-hybridized carbons (Fsp3) is 0. The van der Waals surface area contributed by atoms with Crippen LogP contribution in [0.1, 0.15) is 11.1 Å². The Morgan fingerprint density at radius 3 is 1.60 bits per heavy atom. The summed E-state index contributed by atoms with van der Waals surface area (Å²) in [4.78, 5) is 8.23. The van der Waals surface area contributed by atoms with E-state index in [2.05, 4.69) is 30.9 Å². The van der Waals surface area contributed by atoms with Gasteiger partial charge in [0, 0.05) is 47.0 Å². The van der Waals surface area contributed by atoms with Crippen molar-refractivity contribution in [3.8, 4) is 34.4 Å². The number of fused-ring (bicyclic) bond motifs is 1. The van der Waals surface area contributed by atoms with Gasteiger partial charge >= 0.3 is 0 Å². The molecular formula is C18H8N6S. The fourth-order valence-electron chi connectivity index (χ4n) is 2.81. The van der Waals surface area contributed by atoms with Gasteiger partial charge in [-0.3, -0.25) is 9.97 Å². The first kappa shape index (κ1) is 14.9. The number of hydrogen-bond donors (Lipinski definition) is 0. The van der Waals surface area contributed by atoms with E-state index in [1.165, 1.54) is 0 Å². The molecule has 0 saturated heterocycles. The zero-order chi connectivity index (χ0) is 17.2. The minimum Gasteiger partial charge on any atom is -0.264 e. The molecule has 0 aliphatic heterocycles. The smallest absolute Gasteiger partial charge is 0.114 e. The van der Waals surface area contributed by atoms with Gasteiger partial charge in [0.05, 0.1) is 22.9 Å². The average Bonchev–Trinajstić information content (AvgIpc) is 3.16. The zero-order valence-electron chi connectivity index (χ0n) is 12.7. The van der Waals surface area contributed by atoms with Crippen LogP contribution in [-0.2, 0) is 0 Å². The van der Waals surface area contributed by atoms with Crippen LogP contribution in [-0.4, -0.2) is 18.7 Å². The summed E-state index contributed by atoms with van der Waals surface area (Å²) in [5.41, 5.74) is 4.35. The number of pyridine rings is 2. The monoisotopic (exact) mass is 340 g/mol. The molecular weight excluding hydrogens is 332 g/mol. The lowest BCUT2D eigenvalue weighted by molar-refractivity contribution is 1.32. The predicted octanol–water partition coefficient (Wildman–Crippen LogP) is 3.56. The van der Waals surface area contributed by atoms with Crippen LogP contribution >= 0.6 is 11.7 Å². The van der Waals surface area contributed by atoms with Crippen molar-refractivity contribution in [2.75, 3.05) is 0 Å². The molecule has 0 bridgehead atoms. The molecule has 3 aromatic heterocycles. The maximum atomic E-state index is 9.78. The van der Waals surface area contributed by atoms with Crippen LogP contribution in [0.2, 0.25) is 0 Å². The molecule has 25 heavy (non-hydrogen) atoms. The van der Waals surface area contributed by atoms with E-state index in [-0.39, 0.29) is 11.1 Å². The van der Waals surface area contributed by atoms with Crippen LogP contribution in [0.15, 0.2) is 49.1 Å². The largest absolute Gasteiger partial charge is 0.264 e. The highest BCUT2D eigenvalue weighted by Gasteiger charge is 2.24. The van der Waals surface area contributed by atoms with E-state index in [1.54, 1.807) is 36.9 Å². The van der Waals surface area contributed by atoms with Crippen molar-refractivity contribution in [3.63, 3.8) is 0 Å². The first-order chi connectivity index (χ1) is 12.3. The summed E-state index contributed by atoms with van der Waals surface area (Å²) in [7, 11) is 0. The third kappa shape index (κ3) is 2.31. The summed E-state index contributed by atoms with van der Waals surface area (Å²) in [5, 5.41) is 19.6. The molecule has 0 aliphatic carbocycles. The second kappa shape index (κ2) is 6.08. The predicted molar refractivity (Wildman–Crippen MR) is 93.3 cm³/mol. The first-order valence-corrected chi connectivity index (χ1v) is 8.01. The second-order valence-electron chi connectivity index (χ2n) is 5.17. The normalized spacial score (nSPS) is 10.3. The number of benzene rings is 1. The van der Waals surface area contributed by atoms with E-state index in [4.69, 9.17) is 0 Å². The number of rotatable bonds is 2. The first-order valence-electron chi connectivity index (χ1n) is 7.28. The summed E-state index contributed by atoms with van der Waals surface area (Å²) in [6.45, 7) is 0. The summed E-state index contributed by atoms with van der Waals surface area (Å²) in [6, 6.07) is 11.6. The van der Waals surface area contributed by atoms with Gasteiger partial charge in [-0.25, -0.2) is 0 Å². The molecule has 0 unspecified atom stereocenters. The fourth-order valence-corrected chi connectivity index (χ4v) is 3.37. The standard InChI is InChI=1S/C18H8N6S/c19-7-13-14(8-20)16(12-4-2-6-22-10-12)18-17(23-25-24-18)15(13)11-3-1-5-21-9-11/h1-6,9-10H. The van der Waals surface area contributed by atoms with E-state index >= 15 is 0 Å². The van der Waals surface area contributed by atoms with Crippen molar-refractivity contribution in [3.05, 3.63) is 60.2 Å². The molecule has 0 saturated carbocycles. The van der Waals surface area contributed by atoms with Crippen LogP contribution in [0.25, 0.3) is 33.3 Å². The Labute approximate surface area is 147 Å². The lowest BCUT2D eigenvalue weighted by Gasteiger charge is -2.11. The zero-order valence-corrected chi connectivity index (χ0v) is 13.5. The molecule has 0 radical (unpaired) electrons. The Balaban J connectivity index is 2.20. The summed E-state index contributed by atoms with van der Waals surface area (Å²) in [6.07, 6.45) is 6.61. The SMILES string of the molecule is N#Cc1c(C#N)c(-c2cccnc2)c2nsnc2c1-c1cccnc1. The van der Waals surface area contributed by atoms with Gasteiger partial charge in [0.1, 0.15) is 23.2 Å².